The molecular weight excluding hydrogens is 419 g/mol. The molecule has 5 rings (SSSR count). The number of hydrogen-bond acceptors (Lipinski definition) is 3. The van der Waals surface area contributed by atoms with Crippen molar-refractivity contribution >= 4 is 39.8 Å². The average molecular weight is 435 g/mol. The average Bonchev–Trinajstić information content (AvgIpc) is 3.08. The largest absolute Gasteiger partial charge is 0.310 e. The molecule has 0 saturated heterocycles. The fraction of sp³-hybridized carbons (Fsp3) is 0.0870. The Kier molecular flexibility index (Phi) is 4.57. The van der Waals surface area contributed by atoms with E-state index in [9.17, 15) is 4.79 Å². The molecule has 5 aromatic rings. The quantitative estimate of drug-likeness (QED) is 0.383. The SMILES string of the molecule is Cc1nn2c(ncc3c(=O)n(Cc4ccc(Cl)cc4)ccc32)c1-c1ccc(Cl)cc1. The van der Waals surface area contributed by atoms with Crippen LogP contribution >= 0.6 is 23.2 Å². The molecule has 0 aliphatic carbocycles. The molecule has 0 aliphatic rings. The number of fused-ring (bicyclic) bond motifs is 3. The first kappa shape index (κ1) is 18.9. The summed E-state index contributed by atoms with van der Waals surface area (Å²) in [6, 6.07) is 16.9. The van der Waals surface area contributed by atoms with Crippen molar-refractivity contribution in [3.63, 3.8) is 0 Å². The van der Waals surface area contributed by atoms with Gasteiger partial charge in [-0.3, -0.25) is 4.79 Å². The molecule has 0 amide bonds. The van der Waals surface area contributed by atoms with Crippen LogP contribution in [0.5, 0.6) is 0 Å². The molecule has 148 valence electrons. The maximum atomic E-state index is 13.1. The van der Waals surface area contributed by atoms with Gasteiger partial charge < -0.3 is 4.57 Å². The minimum absolute atomic E-state index is 0.113. The summed E-state index contributed by atoms with van der Waals surface area (Å²) < 4.78 is 3.40. The summed E-state index contributed by atoms with van der Waals surface area (Å²) in [7, 11) is 0. The molecular formula is C23H16Cl2N4O. The normalized spacial score (nSPS) is 11.4. The fourth-order valence-corrected chi connectivity index (χ4v) is 3.93. The van der Waals surface area contributed by atoms with Crippen LogP contribution in [0.3, 0.4) is 0 Å². The van der Waals surface area contributed by atoms with E-state index >= 15 is 0 Å². The van der Waals surface area contributed by atoms with E-state index in [-0.39, 0.29) is 5.56 Å². The molecule has 0 saturated carbocycles. The lowest BCUT2D eigenvalue weighted by Gasteiger charge is -2.08. The number of aryl methyl sites for hydroxylation is 1. The lowest BCUT2D eigenvalue weighted by Crippen LogP contribution is -2.21. The van der Waals surface area contributed by atoms with Crippen molar-refractivity contribution in [2.75, 3.05) is 0 Å². The summed E-state index contributed by atoms with van der Waals surface area (Å²) in [5, 5.41) is 6.52. The van der Waals surface area contributed by atoms with E-state index in [1.165, 1.54) is 0 Å². The van der Waals surface area contributed by atoms with E-state index < -0.39 is 0 Å². The lowest BCUT2D eigenvalue weighted by molar-refractivity contribution is 0.765. The van der Waals surface area contributed by atoms with Gasteiger partial charge in [0.25, 0.3) is 5.56 Å². The van der Waals surface area contributed by atoms with Crippen LogP contribution in [0.2, 0.25) is 10.0 Å². The first-order valence-electron chi connectivity index (χ1n) is 9.39. The number of aromatic nitrogens is 4. The lowest BCUT2D eigenvalue weighted by atomic mass is 10.1. The fourth-order valence-electron chi connectivity index (χ4n) is 3.68. The monoisotopic (exact) mass is 434 g/mol. The molecule has 0 aliphatic heterocycles. The van der Waals surface area contributed by atoms with Crippen molar-refractivity contribution < 1.29 is 0 Å². The standard InChI is InChI=1S/C23H16Cl2N4O/c1-14-21(16-4-8-18(25)9-5-16)22-26-12-19-20(29(22)27-14)10-11-28(23(19)30)13-15-2-6-17(24)7-3-15/h2-12H,13H2,1H3. The van der Waals surface area contributed by atoms with Gasteiger partial charge in [0.15, 0.2) is 5.65 Å². The highest BCUT2D eigenvalue weighted by Crippen LogP contribution is 2.29. The molecule has 0 unspecified atom stereocenters. The van der Waals surface area contributed by atoms with E-state index in [1.54, 1.807) is 21.5 Å². The number of hydrogen-bond donors (Lipinski definition) is 0. The molecule has 7 heteroatoms. The molecule has 0 bridgehead atoms. The second-order valence-corrected chi connectivity index (χ2v) is 8.01. The van der Waals surface area contributed by atoms with Crippen molar-refractivity contribution in [3.8, 4) is 11.1 Å². The van der Waals surface area contributed by atoms with E-state index in [0.29, 0.717) is 27.6 Å². The Bertz CT molecular complexity index is 1450. The maximum absolute atomic E-state index is 13.1. The third-order valence-electron chi connectivity index (χ3n) is 5.16. The molecule has 0 atom stereocenters. The van der Waals surface area contributed by atoms with Crippen molar-refractivity contribution in [2.45, 2.75) is 13.5 Å². The zero-order chi connectivity index (χ0) is 20.8. The van der Waals surface area contributed by atoms with E-state index in [4.69, 9.17) is 23.2 Å². The molecule has 3 heterocycles. The van der Waals surface area contributed by atoms with Gasteiger partial charge >= 0.3 is 0 Å². The van der Waals surface area contributed by atoms with Crippen LogP contribution in [-0.4, -0.2) is 19.2 Å². The summed E-state index contributed by atoms with van der Waals surface area (Å²) in [6.45, 7) is 2.39. The predicted molar refractivity (Wildman–Crippen MR) is 120 cm³/mol. The number of nitrogens with zero attached hydrogens (tertiary/aromatic N) is 4. The molecule has 0 spiro atoms. The number of rotatable bonds is 3. The Morgan fingerprint density at radius 1 is 0.933 bits per heavy atom. The van der Waals surface area contributed by atoms with Gasteiger partial charge in [0.2, 0.25) is 0 Å². The second kappa shape index (κ2) is 7.27. The molecule has 2 aromatic carbocycles. The van der Waals surface area contributed by atoms with Crippen LogP contribution in [0.25, 0.3) is 27.7 Å². The molecule has 0 radical (unpaired) electrons. The molecule has 0 fully saturated rings. The minimum Gasteiger partial charge on any atom is -0.310 e. The Morgan fingerprint density at radius 3 is 2.30 bits per heavy atom. The van der Waals surface area contributed by atoms with E-state index in [1.807, 2.05) is 61.5 Å². The van der Waals surface area contributed by atoms with Crippen LogP contribution in [0.15, 0.2) is 71.8 Å². The van der Waals surface area contributed by atoms with Crippen LogP contribution < -0.4 is 5.56 Å². The second-order valence-electron chi connectivity index (χ2n) is 7.14. The molecule has 0 N–H and O–H groups in total. The van der Waals surface area contributed by atoms with Crippen LogP contribution in [0, 0.1) is 6.92 Å². The highest BCUT2D eigenvalue weighted by atomic mass is 35.5. The first-order chi connectivity index (χ1) is 14.5. The third kappa shape index (κ3) is 3.16. The Morgan fingerprint density at radius 2 is 1.60 bits per heavy atom. The topological polar surface area (TPSA) is 52.2 Å². The van der Waals surface area contributed by atoms with E-state index in [2.05, 4.69) is 10.1 Å². The third-order valence-corrected chi connectivity index (χ3v) is 5.66. The number of benzene rings is 2. The van der Waals surface area contributed by atoms with Crippen molar-refractivity contribution in [3.05, 3.63) is 98.6 Å². The summed E-state index contributed by atoms with van der Waals surface area (Å²) in [4.78, 5) is 17.7. The number of halogens is 2. The Labute approximate surface area is 182 Å². The highest BCUT2D eigenvalue weighted by molar-refractivity contribution is 6.30. The summed E-state index contributed by atoms with van der Waals surface area (Å²) in [5.41, 5.74) is 5.06. The van der Waals surface area contributed by atoms with Crippen molar-refractivity contribution in [1.82, 2.24) is 19.2 Å². The first-order valence-corrected chi connectivity index (χ1v) is 10.1. The summed E-state index contributed by atoms with van der Waals surface area (Å²) in [5.74, 6) is 0. The zero-order valence-corrected chi connectivity index (χ0v) is 17.5. The number of pyridine rings is 1. The maximum Gasteiger partial charge on any atom is 0.261 e. The zero-order valence-electron chi connectivity index (χ0n) is 16.0. The van der Waals surface area contributed by atoms with Crippen LogP contribution in [0.4, 0.5) is 0 Å². The van der Waals surface area contributed by atoms with Crippen molar-refractivity contribution in [1.29, 1.82) is 0 Å². The Hall–Kier alpha value is -3.15. The van der Waals surface area contributed by atoms with Crippen LogP contribution in [0.1, 0.15) is 11.3 Å². The van der Waals surface area contributed by atoms with Gasteiger partial charge in [0.05, 0.1) is 23.1 Å². The van der Waals surface area contributed by atoms with Crippen LogP contribution in [-0.2, 0) is 6.54 Å². The summed E-state index contributed by atoms with van der Waals surface area (Å²) in [6.07, 6.45) is 3.42. The van der Waals surface area contributed by atoms with Gasteiger partial charge in [-0.1, -0.05) is 47.5 Å². The molecule has 5 nitrogen and oxygen atoms in total. The van der Waals surface area contributed by atoms with Gasteiger partial charge in [0, 0.05) is 28.0 Å². The minimum atomic E-state index is -0.113. The van der Waals surface area contributed by atoms with Gasteiger partial charge in [-0.05, 0) is 48.4 Å². The predicted octanol–water partition coefficient (Wildman–Crippen LogP) is 5.37. The molecule has 30 heavy (non-hydrogen) atoms. The van der Waals surface area contributed by atoms with Gasteiger partial charge in [0.1, 0.15) is 0 Å². The van der Waals surface area contributed by atoms with E-state index in [0.717, 1.165) is 27.9 Å². The van der Waals surface area contributed by atoms with Gasteiger partial charge in [-0.15, -0.1) is 0 Å². The Balaban J connectivity index is 1.65. The summed E-state index contributed by atoms with van der Waals surface area (Å²) >= 11 is 12.0. The van der Waals surface area contributed by atoms with Gasteiger partial charge in [-0.25, -0.2) is 9.50 Å². The molecule has 3 aromatic heterocycles. The smallest absolute Gasteiger partial charge is 0.261 e. The van der Waals surface area contributed by atoms with Crippen molar-refractivity contribution in [2.24, 2.45) is 0 Å². The van der Waals surface area contributed by atoms with Gasteiger partial charge in [-0.2, -0.15) is 5.10 Å². The highest BCUT2D eigenvalue weighted by Gasteiger charge is 2.16.